The van der Waals surface area contributed by atoms with E-state index in [1.165, 1.54) is 32.6 Å². The third-order valence-electron chi connectivity index (χ3n) is 11.3. The number of anilines is 2. The lowest BCUT2D eigenvalue weighted by atomic mass is 9.89. The quantitative estimate of drug-likeness (QED) is 0.187. The molecule has 0 fully saturated rings. The van der Waals surface area contributed by atoms with Crippen molar-refractivity contribution in [2.75, 3.05) is 4.90 Å². The average molecular weight is 671 g/mol. The van der Waals surface area contributed by atoms with E-state index < -0.39 is 0 Å². The minimum Gasteiger partial charge on any atom is -0.452 e. The molecule has 2 aliphatic carbocycles. The highest BCUT2D eigenvalue weighted by atomic mass is 16.3. The van der Waals surface area contributed by atoms with E-state index in [-0.39, 0.29) is 12.0 Å². The number of furan rings is 2. The van der Waals surface area contributed by atoms with E-state index in [2.05, 4.69) is 119 Å². The van der Waals surface area contributed by atoms with Gasteiger partial charge in [0.2, 0.25) is 0 Å². The summed E-state index contributed by atoms with van der Waals surface area (Å²) in [6, 6.07) is 34.4. The zero-order valence-electron chi connectivity index (χ0n) is 28.0. The average Bonchev–Trinajstić information content (AvgIpc) is 3.95. The Kier molecular flexibility index (Phi) is 5.64. The Morgan fingerprint density at radius 2 is 1.27 bits per heavy atom. The van der Waals surface area contributed by atoms with E-state index in [0.717, 1.165) is 79.6 Å². The van der Waals surface area contributed by atoms with Crippen molar-refractivity contribution in [1.29, 1.82) is 0 Å². The summed E-state index contributed by atoms with van der Waals surface area (Å²) in [4.78, 5) is 12.2. The van der Waals surface area contributed by atoms with E-state index in [1.54, 1.807) is 0 Å². The van der Waals surface area contributed by atoms with E-state index in [0.29, 0.717) is 0 Å². The van der Waals surface area contributed by atoms with Crippen LogP contribution in [0.1, 0.15) is 24.3 Å². The van der Waals surface area contributed by atoms with Crippen LogP contribution in [0, 0.1) is 0 Å². The van der Waals surface area contributed by atoms with Crippen LogP contribution in [-0.4, -0.2) is 20.6 Å². The maximum absolute atomic E-state index is 6.48. The predicted molar refractivity (Wildman–Crippen MR) is 210 cm³/mol. The third kappa shape index (κ3) is 3.78. The normalized spacial score (nSPS) is 17.6. The summed E-state index contributed by atoms with van der Waals surface area (Å²) in [5.41, 5.74) is 9.34. The Balaban J connectivity index is 1.02. The molecule has 0 saturated carbocycles. The number of hydrogen-bond acceptors (Lipinski definition) is 5. The molecule has 246 valence electrons. The highest BCUT2D eigenvalue weighted by Gasteiger charge is 2.39. The molecule has 0 spiro atoms. The molecule has 1 aliphatic heterocycles. The van der Waals surface area contributed by atoms with E-state index >= 15 is 0 Å². The number of rotatable bonds is 3. The van der Waals surface area contributed by atoms with Gasteiger partial charge in [-0.3, -0.25) is 4.57 Å². The van der Waals surface area contributed by atoms with Gasteiger partial charge in [-0.25, -0.2) is 9.97 Å². The van der Waals surface area contributed by atoms with Crippen LogP contribution >= 0.6 is 0 Å². The van der Waals surface area contributed by atoms with E-state index in [1.807, 2.05) is 36.7 Å². The number of fused-ring (bicyclic) bond motifs is 12. The van der Waals surface area contributed by atoms with Crippen molar-refractivity contribution in [2.24, 2.45) is 0 Å². The van der Waals surface area contributed by atoms with Crippen molar-refractivity contribution >= 4 is 78.4 Å². The van der Waals surface area contributed by atoms with Crippen molar-refractivity contribution in [1.82, 2.24) is 14.5 Å². The van der Waals surface area contributed by atoms with Crippen molar-refractivity contribution in [3.8, 4) is 16.9 Å². The number of aromatic nitrogens is 3. The van der Waals surface area contributed by atoms with Crippen molar-refractivity contribution in [3.05, 3.63) is 150 Å². The molecule has 12 rings (SSSR count). The first-order valence-corrected chi connectivity index (χ1v) is 18.0. The number of benzene rings is 4. The van der Waals surface area contributed by atoms with Gasteiger partial charge in [0, 0.05) is 56.1 Å². The van der Waals surface area contributed by atoms with Crippen LogP contribution in [0.5, 0.6) is 0 Å². The van der Waals surface area contributed by atoms with Crippen LogP contribution in [-0.2, 0) is 0 Å². The van der Waals surface area contributed by atoms with Gasteiger partial charge in [0.25, 0.3) is 0 Å². The molecule has 2 atom stereocenters. The van der Waals surface area contributed by atoms with Gasteiger partial charge in [0.15, 0.2) is 22.8 Å². The molecule has 6 nitrogen and oxygen atoms in total. The second kappa shape index (κ2) is 10.4. The molecule has 0 saturated heterocycles. The molecule has 52 heavy (non-hydrogen) atoms. The molecule has 6 heterocycles. The van der Waals surface area contributed by atoms with Crippen LogP contribution in [0.25, 0.3) is 83.9 Å². The lowest BCUT2D eigenvalue weighted by Gasteiger charge is -2.27. The number of para-hydroxylation sites is 2. The third-order valence-corrected chi connectivity index (χ3v) is 11.3. The van der Waals surface area contributed by atoms with Crippen LogP contribution in [0.4, 0.5) is 11.5 Å². The first-order valence-electron chi connectivity index (χ1n) is 18.0. The summed E-state index contributed by atoms with van der Waals surface area (Å²) in [6.07, 6.45) is 19.5. The first-order chi connectivity index (χ1) is 25.8. The molecule has 3 aliphatic rings. The Labute approximate surface area is 297 Å². The molecular weight excluding hydrogens is 641 g/mol. The second-order valence-corrected chi connectivity index (χ2v) is 14.0. The summed E-state index contributed by atoms with van der Waals surface area (Å²) in [5, 5.41) is 8.04. The Morgan fingerprint density at radius 1 is 0.596 bits per heavy atom. The highest BCUT2D eigenvalue weighted by Crippen LogP contribution is 2.50. The topological polar surface area (TPSA) is 60.2 Å². The minimum absolute atomic E-state index is 0.101. The number of allylic oxidation sites excluding steroid dienone is 2. The van der Waals surface area contributed by atoms with Crippen LogP contribution < -0.4 is 15.5 Å². The van der Waals surface area contributed by atoms with Crippen LogP contribution in [0.2, 0.25) is 0 Å². The Hall–Kier alpha value is -6.66. The Morgan fingerprint density at radius 3 is 2.08 bits per heavy atom. The summed E-state index contributed by atoms with van der Waals surface area (Å²) < 4.78 is 15.2. The zero-order chi connectivity index (χ0) is 33.9. The maximum atomic E-state index is 6.48. The largest absolute Gasteiger partial charge is 0.452 e. The van der Waals surface area contributed by atoms with Gasteiger partial charge in [-0.05, 0) is 78.1 Å². The van der Waals surface area contributed by atoms with E-state index in [4.69, 9.17) is 18.8 Å². The van der Waals surface area contributed by atoms with Crippen molar-refractivity contribution in [2.45, 2.75) is 24.8 Å². The Bertz CT molecular complexity index is 3180. The van der Waals surface area contributed by atoms with Crippen molar-refractivity contribution < 1.29 is 8.83 Å². The van der Waals surface area contributed by atoms with Gasteiger partial charge in [0.05, 0.1) is 16.9 Å². The molecular formula is C46H30N4O2. The fraction of sp³-hybridized carbons (Fsp3) is 0.0870. The van der Waals surface area contributed by atoms with Gasteiger partial charge >= 0.3 is 0 Å². The molecule has 5 aromatic heterocycles. The standard InChI is InChI=1S/C46H30N4O2/c1-5-13-37-29(9-1)35-25-27(17-19-39(35)49(37)45-43-33(21-23-47-45)31-11-3-7-15-41(31)51-43)28-18-20-40-36(26-28)30-10-2-6-14-38(30)50(40)46-44-34(22-24-48-46)32-12-4-8-16-42(32)52-44/h1,3-5,7-26,29,37H,2,6H2. The van der Waals surface area contributed by atoms with Gasteiger partial charge < -0.3 is 13.7 Å². The summed E-state index contributed by atoms with van der Waals surface area (Å²) >= 11 is 0. The fourth-order valence-electron chi connectivity index (χ4n) is 8.98. The molecule has 0 bridgehead atoms. The SMILES string of the molecule is C1=CC2c3cc(-c4ccc5c(c4)c4c(n5-c5nccc6c5oc5ccccc56)=CCCC=4)ccc3N(c3nccc4c3oc3ccccc34)C2C=C1. The van der Waals surface area contributed by atoms with Gasteiger partial charge in [0.1, 0.15) is 11.2 Å². The molecule has 2 unspecified atom stereocenters. The van der Waals surface area contributed by atoms with Gasteiger partial charge in [-0.2, -0.15) is 0 Å². The summed E-state index contributed by atoms with van der Waals surface area (Å²) in [7, 11) is 0. The number of pyridine rings is 2. The van der Waals surface area contributed by atoms with Crippen LogP contribution in [0.3, 0.4) is 0 Å². The van der Waals surface area contributed by atoms with Crippen LogP contribution in [0.15, 0.2) is 143 Å². The lowest BCUT2D eigenvalue weighted by Crippen LogP contribution is -2.30. The first kappa shape index (κ1) is 28.1. The molecule has 0 amide bonds. The molecule has 0 N–H and O–H groups in total. The summed E-state index contributed by atoms with van der Waals surface area (Å²) in [6.45, 7) is 0. The lowest BCUT2D eigenvalue weighted by molar-refractivity contribution is 0.660. The van der Waals surface area contributed by atoms with Gasteiger partial charge in [-0.1, -0.05) is 85.0 Å². The maximum Gasteiger partial charge on any atom is 0.181 e. The second-order valence-electron chi connectivity index (χ2n) is 14.0. The number of nitrogens with zero attached hydrogens (tertiary/aromatic N) is 4. The molecule has 9 aromatic rings. The van der Waals surface area contributed by atoms with E-state index in [9.17, 15) is 0 Å². The summed E-state index contributed by atoms with van der Waals surface area (Å²) in [5.74, 6) is 1.87. The molecule has 6 heteroatoms. The smallest absolute Gasteiger partial charge is 0.181 e. The zero-order valence-corrected chi connectivity index (χ0v) is 28.0. The molecule has 0 radical (unpaired) electrons. The monoisotopic (exact) mass is 670 g/mol. The van der Waals surface area contributed by atoms with Crippen molar-refractivity contribution in [3.63, 3.8) is 0 Å². The fourth-order valence-corrected chi connectivity index (χ4v) is 8.98. The predicted octanol–water partition coefficient (Wildman–Crippen LogP) is 9.97. The number of hydrogen-bond donors (Lipinski definition) is 0. The molecule has 4 aromatic carbocycles. The van der Waals surface area contributed by atoms with Gasteiger partial charge in [-0.15, -0.1) is 0 Å². The highest BCUT2D eigenvalue weighted by molar-refractivity contribution is 6.09. The minimum atomic E-state index is 0.101.